The van der Waals surface area contributed by atoms with E-state index in [-0.39, 0.29) is 17.2 Å². The first-order chi connectivity index (χ1) is 11.1. The third kappa shape index (κ3) is 2.49. The van der Waals surface area contributed by atoms with Gasteiger partial charge in [-0.1, -0.05) is 6.92 Å². The molecule has 0 saturated carbocycles. The average Bonchev–Trinajstić information content (AvgIpc) is 2.58. The first-order valence-electron chi connectivity index (χ1n) is 7.16. The SMILES string of the molecule is CCC1C(=O)N(C)c2cnc(Cl)nc2N1c1ccc(C#N)cc1. The largest absolute Gasteiger partial charge is 0.312 e. The summed E-state index contributed by atoms with van der Waals surface area (Å²) in [6.45, 7) is 1.95. The van der Waals surface area contributed by atoms with Gasteiger partial charge in [-0.3, -0.25) is 4.79 Å². The lowest BCUT2D eigenvalue weighted by atomic mass is 10.1. The average molecular weight is 328 g/mol. The zero-order valence-electron chi connectivity index (χ0n) is 12.7. The highest BCUT2D eigenvalue weighted by atomic mass is 35.5. The fraction of sp³-hybridized carbons (Fsp3) is 0.250. The van der Waals surface area contributed by atoms with Gasteiger partial charge in [0.15, 0.2) is 5.82 Å². The Kier molecular flexibility index (Phi) is 3.89. The lowest BCUT2D eigenvalue weighted by Crippen LogP contribution is -2.50. The third-order valence-corrected chi connectivity index (χ3v) is 4.08. The van der Waals surface area contributed by atoms with Crippen LogP contribution in [0.2, 0.25) is 5.28 Å². The van der Waals surface area contributed by atoms with E-state index in [4.69, 9.17) is 16.9 Å². The second-order valence-electron chi connectivity index (χ2n) is 5.20. The number of halogens is 1. The van der Waals surface area contributed by atoms with E-state index in [0.29, 0.717) is 23.5 Å². The van der Waals surface area contributed by atoms with Gasteiger partial charge in [0.05, 0.1) is 17.8 Å². The van der Waals surface area contributed by atoms with Crippen LogP contribution in [0.3, 0.4) is 0 Å². The smallest absolute Gasteiger partial charge is 0.250 e. The molecule has 0 bridgehead atoms. The molecule has 1 atom stereocenters. The molecule has 1 aliphatic rings. The summed E-state index contributed by atoms with van der Waals surface area (Å²) in [5, 5.41) is 9.07. The van der Waals surface area contributed by atoms with Crippen molar-refractivity contribution in [2.24, 2.45) is 0 Å². The number of hydrogen-bond acceptors (Lipinski definition) is 5. The number of amides is 1. The van der Waals surface area contributed by atoms with Crippen LogP contribution in [0.4, 0.5) is 17.2 Å². The van der Waals surface area contributed by atoms with E-state index in [1.54, 1.807) is 42.4 Å². The van der Waals surface area contributed by atoms with E-state index in [1.165, 1.54) is 0 Å². The van der Waals surface area contributed by atoms with Crippen LogP contribution in [-0.2, 0) is 4.79 Å². The molecule has 2 heterocycles. The second-order valence-corrected chi connectivity index (χ2v) is 5.54. The van der Waals surface area contributed by atoms with Crippen molar-refractivity contribution in [3.05, 3.63) is 41.3 Å². The molecule has 0 aliphatic carbocycles. The third-order valence-electron chi connectivity index (χ3n) is 3.90. The fourth-order valence-electron chi connectivity index (χ4n) is 2.72. The summed E-state index contributed by atoms with van der Waals surface area (Å²) in [6, 6.07) is 8.74. The molecular formula is C16H14ClN5O. The molecule has 1 unspecified atom stereocenters. The van der Waals surface area contributed by atoms with E-state index in [2.05, 4.69) is 16.0 Å². The van der Waals surface area contributed by atoms with E-state index >= 15 is 0 Å². The maximum absolute atomic E-state index is 12.7. The Labute approximate surface area is 138 Å². The molecule has 0 saturated heterocycles. The molecule has 23 heavy (non-hydrogen) atoms. The molecule has 0 fully saturated rings. The normalized spacial score (nSPS) is 17.0. The monoisotopic (exact) mass is 327 g/mol. The number of fused-ring (bicyclic) bond motifs is 1. The topological polar surface area (TPSA) is 73.1 Å². The Morgan fingerprint density at radius 2 is 2.04 bits per heavy atom. The molecule has 6 nitrogen and oxygen atoms in total. The van der Waals surface area contributed by atoms with Crippen LogP contribution in [-0.4, -0.2) is 29.0 Å². The van der Waals surface area contributed by atoms with Gasteiger partial charge < -0.3 is 9.80 Å². The van der Waals surface area contributed by atoms with Crippen LogP contribution in [0, 0.1) is 11.3 Å². The number of nitrogens with zero attached hydrogens (tertiary/aromatic N) is 5. The zero-order chi connectivity index (χ0) is 16.6. The van der Waals surface area contributed by atoms with Crippen molar-refractivity contribution in [2.75, 3.05) is 16.8 Å². The predicted molar refractivity (Wildman–Crippen MR) is 87.8 cm³/mol. The van der Waals surface area contributed by atoms with Crippen molar-refractivity contribution in [3.8, 4) is 6.07 Å². The van der Waals surface area contributed by atoms with Crippen molar-refractivity contribution in [1.29, 1.82) is 5.26 Å². The molecule has 0 radical (unpaired) electrons. The molecule has 1 amide bonds. The van der Waals surface area contributed by atoms with Crippen molar-refractivity contribution in [1.82, 2.24) is 9.97 Å². The number of likely N-dealkylation sites (N-methyl/N-ethyl adjacent to an activating group) is 1. The lowest BCUT2D eigenvalue weighted by molar-refractivity contribution is -0.119. The number of benzene rings is 1. The van der Waals surface area contributed by atoms with Gasteiger partial charge in [-0.05, 0) is 42.3 Å². The minimum Gasteiger partial charge on any atom is -0.312 e. The summed E-state index contributed by atoms with van der Waals surface area (Å²) in [7, 11) is 1.71. The Morgan fingerprint density at radius 1 is 1.35 bits per heavy atom. The molecule has 116 valence electrons. The Morgan fingerprint density at radius 3 is 2.65 bits per heavy atom. The summed E-state index contributed by atoms with van der Waals surface area (Å²) < 4.78 is 0. The number of nitriles is 1. The van der Waals surface area contributed by atoms with Crippen LogP contribution < -0.4 is 9.80 Å². The molecule has 1 aliphatic heterocycles. The predicted octanol–water partition coefficient (Wildman–Crippen LogP) is 2.89. The Balaban J connectivity index is 2.19. The molecule has 7 heteroatoms. The van der Waals surface area contributed by atoms with E-state index in [1.807, 2.05) is 11.8 Å². The highest BCUT2D eigenvalue weighted by Crippen LogP contribution is 2.39. The van der Waals surface area contributed by atoms with E-state index in [9.17, 15) is 4.79 Å². The van der Waals surface area contributed by atoms with E-state index < -0.39 is 0 Å². The van der Waals surface area contributed by atoms with Crippen molar-refractivity contribution < 1.29 is 4.79 Å². The van der Waals surface area contributed by atoms with Gasteiger partial charge in [0.25, 0.3) is 0 Å². The van der Waals surface area contributed by atoms with Gasteiger partial charge in [0.2, 0.25) is 11.2 Å². The quantitative estimate of drug-likeness (QED) is 0.793. The fourth-order valence-corrected chi connectivity index (χ4v) is 2.84. The van der Waals surface area contributed by atoms with Gasteiger partial charge in [-0.25, -0.2) is 4.98 Å². The number of anilines is 3. The number of carbonyl (C=O) groups is 1. The maximum atomic E-state index is 12.7. The number of rotatable bonds is 2. The first-order valence-corrected chi connectivity index (χ1v) is 7.54. The minimum atomic E-state index is -0.383. The number of carbonyl (C=O) groups excluding carboxylic acids is 1. The van der Waals surface area contributed by atoms with E-state index in [0.717, 1.165) is 5.69 Å². The lowest BCUT2D eigenvalue weighted by Gasteiger charge is -2.40. The summed E-state index contributed by atoms with van der Waals surface area (Å²) in [5.74, 6) is 0.555. The Bertz CT molecular complexity index is 799. The molecule has 0 N–H and O–H groups in total. The van der Waals surface area contributed by atoms with Gasteiger partial charge >= 0.3 is 0 Å². The highest BCUT2D eigenvalue weighted by molar-refractivity contribution is 6.28. The van der Waals surface area contributed by atoms with Crippen LogP contribution in [0.15, 0.2) is 30.5 Å². The molecular weight excluding hydrogens is 314 g/mol. The zero-order valence-corrected chi connectivity index (χ0v) is 13.4. The van der Waals surface area contributed by atoms with Crippen molar-refractivity contribution in [2.45, 2.75) is 19.4 Å². The molecule has 1 aromatic carbocycles. The molecule has 2 aromatic rings. The minimum absolute atomic E-state index is 0.0321. The summed E-state index contributed by atoms with van der Waals surface area (Å²) in [5.41, 5.74) is 1.95. The molecule has 1 aromatic heterocycles. The highest BCUT2D eigenvalue weighted by Gasteiger charge is 2.37. The summed E-state index contributed by atoms with van der Waals surface area (Å²) in [4.78, 5) is 24.4. The van der Waals surface area contributed by atoms with Crippen LogP contribution in [0.5, 0.6) is 0 Å². The van der Waals surface area contributed by atoms with Crippen LogP contribution in [0.25, 0.3) is 0 Å². The standard InChI is InChI=1S/C16H14ClN5O/c1-3-12-15(23)21(2)13-9-19-16(17)20-14(13)22(12)11-6-4-10(8-18)5-7-11/h4-7,9,12H,3H2,1-2H3. The van der Waals surface area contributed by atoms with Gasteiger partial charge in [-0.15, -0.1) is 0 Å². The van der Waals surface area contributed by atoms with Gasteiger partial charge in [0.1, 0.15) is 11.7 Å². The van der Waals surface area contributed by atoms with Crippen LogP contribution in [0.1, 0.15) is 18.9 Å². The Hall–Kier alpha value is -2.65. The van der Waals surface area contributed by atoms with Crippen molar-refractivity contribution >= 4 is 34.7 Å². The van der Waals surface area contributed by atoms with Gasteiger partial charge in [0, 0.05) is 12.7 Å². The van der Waals surface area contributed by atoms with Crippen molar-refractivity contribution in [3.63, 3.8) is 0 Å². The number of hydrogen-bond donors (Lipinski definition) is 0. The second kappa shape index (κ2) is 5.86. The van der Waals surface area contributed by atoms with Crippen LogP contribution >= 0.6 is 11.6 Å². The maximum Gasteiger partial charge on any atom is 0.250 e. The van der Waals surface area contributed by atoms with Gasteiger partial charge in [-0.2, -0.15) is 10.2 Å². The first kappa shape index (κ1) is 15.3. The molecule has 0 spiro atoms. The molecule has 3 rings (SSSR count). The summed E-state index contributed by atoms with van der Waals surface area (Å²) >= 11 is 5.96. The number of aromatic nitrogens is 2. The summed E-state index contributed by atoms with van der Waals surface area (Å²) in [6.07, 6.45) is 2.16.